The number of rotatable bonds is 40. The van der Waals surface area contributed by atoms with Gasteiger partial charge in [0, 0.05) is 24.4 Å². The lowest BCUT2D eigenvalue weighted by atomic mass is 9.85. The Morgan fingerprint density at radius 1 is 0.625 bits per heavy atom. The van der Waals surface area contributed by atoms with Gasteiger partial charge in [0.05, 0.1) is 143 Å². The summed E-state index contributed by atoms with van der Waals surface area (Å²) in [4.78, 5) is 47.3. The maximum Gasteiger partial charge on any atom is 0.308 e. The van der Waals surface area contributed by atoms with E-state index in [-0.39, 0.29) is 36.3 Å². The number of ether oxygens (including phenoxy) is 11. The van der Waals surface area contributed by atoms with Crippen LogP contribution in [-0.2, 0) is 71.3 Å². The van der Waals surface area contributed by atoms with Crippen molar-refractivity contribution < 1.29 is 71.3 Å². The molecule has 2 aliphatic rings. The van der Waals surface area contributed by atoms with E-state index < -0.39 is 17.7 Å². The summed E-state index contributed by atoms with van der Waals surface area (Å²) >= 11 is 0. The highest BCUT2D eigenvalue weighted by molar-refractivity contribution is 8.77. The number of nitrogens with one attached hydrogen (secondary N) is 1. The minimum absolute atomic E-state index is 0.0709. The fourth-order valence-electron chi connectivity index (χ4n) is 4.58. The van der Waals surface area contributed by atoms with Crippen LogP contribution in [0.4, 0.5) is 0 Å². The van der Waals surface area contributed by atoms with Gasteiger partial charge in [-0.25, -0.2) is 0 Å². The predicted octanol–water partition coefficient (Wildman–Crippen LogP) is 1.70. The molecular formula is C37H64N2O15S2. The molecule has 0 aromatic rings. The molecule has 1 N–H and O–H groups in total. The van der Waals surface area contributed by atoms with Crippen LogP contribution in [-0.4, -0.2) is 191 Å². The van der Waals surface area contributed by atoms with Crippen molar-refractivity contribution in [1.29, 1.82) is 0 Å². The second kappa shape index (κ2) is 34.0. The van der Waals surface area contributed by atoms with E-state index >= 15 is 0 Å². The van der Waals surface area contributed by atoms with Gasteiger partial charge in [-0.2, -0.15) is 0 Å². The highest BCUT2D eigenvalue weighted by Gasteiger charge is 2.39. The number of hydrogen-bond donors (Lipinski definition) is 1. The number of carbonyl (C=O) groups excluding carboxylic acids is 4. The van der Waals surface area contributed by atoms with E-state index in [2.05, 4.69) is 5.32 Å². The molecule has 1 heterocycles. The molecule has 324 valence electrons. The monoisotopic (exact) mass is 840 g/mol. The van der Waals surface area contributed by atoms with E-state index in [0.29, 0.717) is 132 Å². The molecule has 17 nitrogen and oxygen atoms in total. The van der Waals surface area contributed by atoms with Crippen molar-refractivity contribution in [3.05, 3.63) is 12.2 Å². The summed E-state index contributed by atoms with van der Waals surface area (Å²) in [5.74, 6) is -0.740. The number of hydrogen-bond acceptors (Lipinski definition) is 17. The third kappa shape index (κ3) is 26.2. The van der Waals surface area contributed by atoms with E-state index in [0.717, 1.165) is 35.6 Å². The molecule has 56 heavy (non-hydrogen) atoms. The van der Waals surface area contributed by atoms with Crippen LogP contribution in [0.3, 0.4) is 0 Å². The van der Waals surface area contributed by atoms with Crippen molar-refractivity contribution in [3.8, 4) is 0 Å². The molecule has 1 aliphatic heterocycles. The first kappa shape index (κ1) is 50.3. The Kier molecular flexibility index (Phi) is 30.5. The Bertz CT molecular complexity index is 1070. The number of carbonyl (C=O) groups is 4. The van der Waals surface area contributed by atoms with Gasteiger partial charge in [-0.1, -0.05) is 41.9 Å². The van der Waals surface area contributed by atoms with Crippen molar-refractivity contribution >= 4 is 45.3 Å². The van der Waals surface area contributed by atoms with Gasteiger partial charge in [0.1, 0.15) is 13.2 Å². The summed E-state index contributed by atoms with van der Waals surface area (Å²) in [5, 5.41) is 2.59. The Balaban J connectivity index is 1.16. The number of imide groups is 1. The SMILES string of the molecule is CC(C)C(=O)OCC1(SSCCOCCOCCOCCOCCOCCOCCOCCOCCOCCOCCNC(=O)CN2C(=O)C=CC2=O)CCC1. The van der Waals surface area contributed by atoms with Gasteiger partial charge >= 0.3 is 5.97 Å². The third-order valence-electron chi connectivity index (χ3n) is 7.88. The van der Waals surface area contributed by atoms with Crippen LogP contribution in [0.5, 0.6) is 0 Å². The number of amides is 3. The minimum atomic E-state index is -0.492. The zero-order valence-electron chi connectivity index (χ0n) is 33.2. The lowest BCUT2D eigenvalue weighted by Gasteiger charge is -2.40. The second-order valence-electron chi connectivity index (χ2n) is 12.8. The maximum atomic E-state index is 11.8. The molecule has 1 aliphatic carbocycles. The highest BCUT2D eigenvalue weighted by atomic mass is 33.1. The van der Waals surface area contributed by atoms with Gasteiger partial charge < -0.3 is 57.4 Å². The summed E-state index contributed by atoms with van der Waals surface area (Å²) in [5.41, 5.74) is 0. The van der Waals surface area contributed by atoms with Crippen LogP contribution in [0.15, 0.2) is 12.2 Å². The fraction of sp³-hybridized carbons (Fsp3) is 0.838. The molecule has 0 bridgehead atoms. The molecule has 19 heteroatoms. The van der Waals surface area contributed by atoms with Crippen LogP contribution in [0.2, 0.25) is 0 Å². The summed E-state index contributed by atoms with van der Waals surface area (Å²) < 4.78 is 60.5. The first-order valence-corrected chi connectivity index (χ1v) is 21.7. The smallest absolute Gasteiger partial charge is 0.308 e. The normalized spacial score (nSPS) is 14.9. The third-order valence-corrected chi connectivity index (χ3v) is 11.1. The molecule has 1 fully saturated rings. The van der Waals surface area contributed by atoms with Crippen LogP contribution in [0.1, 0.15) is 33.1 Å². The van der Waals surface area contributed by atoms with Crippen LogP contribution in [0.25, 0.3) is 0 Å². The molecule has 0 aromatic heterocycles. The van der Waals surface area contributed by atoms with E-state index in [1.807, 2.05) is 24.6 Å². The van der Waals surface area contributed by atoms with Gasteiger partial charge in [-0.3, -0.25) is 24.1 Å². The van der Waals surface area contributed by atoms with E-state index in [4.69, 9.17) is 52.1 Å². The predicted molar refractivity (Wildman–Crippen MR) is 209 cm³/mol. The molecule has 2 rings (SSSR count). The van der Waals surface area contributed by atoms with Crippen molar-refractivity contribution in [3.63, 3.8) is 0 Å². The standard InChI is InChI=1S/C37H64N2O15S2/c1-32(2)36(43)54-31-37(6-3-7-37)56-55-29-28-53-27-26-52-25-24-51-23-22-50-21-20-49-19-18-48-17-16-47-15-14-46-13-12-45-11-10-44-9-8-38-33(40)30-39-34(41)4-5-35(39)42/h4-5,32H,3,6-31H2,1-2H3,(H,38,40). The van der Waals surface area contributed by atoms with Crippen LogP contribution >= 0.6 is 21.6 Å². The molecule has 0 spiro atoms. The molecule has 3 amide bonds. The molecule has 1 saturated carbocycles. The molecule has 0 aromatic carbocycles. The Hall–Kier alpha value is -1.88. The average molecular weight is 841 g/mol. The summed E-state index contributed by atoms with van der Waals surface area (Å²) in [7, 11) is 3.61. The minimum Gasteiger partial charge on any atom is -0.464 e. The van der Waals surface area contributed by atoms with Crippen LogP contribution in [0, 0.1) is 5.92 Å². The van der Waals surface area contributed by atoms with Gasteiger partial charge in [0.2, 0.25) is 5.91 Å². The van der Waals surface area contributed by atoms with Gasteiger partial charge in [0.15, 0.2) is 0 Å². The topological polar surface area (TPSA) is 185 Å². The largest absolute Gasteiger partial charge is 0.464 e. The lowest BCUT2D eigenvalue weighted by Crippen LogP contribution is -2.41. The van der Waals surface area contributed by atoms with E-state index in [1.54, 1.807) is 10.8 Å². The van der Waals surface area contributed by atoms with Crippen molar-refractivity contribution in [2.24, 2.45) is 5.92 Å². The number of esters is 1. The van der Waals surface area contributed by atoms with Crippen molar-refractivity contribution in [1.82, 2.24) is 10.2 Å². The molecule has 0 atom stereocenters. The van der Waals surface area contributed by atoms with Gasteiger partial charge in [-0.05, 0) is 12.8 Å². The molecular weight excluding hydrogens is 777 g/mol. The molecule has 0 saturated heterocycles. The van der Waals surface area contributed by atoms with Gasteiger partial charge in [-0.15, -0.1) is 0 Å². The fourth-order valence-corrected chi connectivity index (χ4v) is 7.51. The van der Waals surface area contributed by atoms with E-state index in [1.165, 1.54) is 6.42 Å². The molecule has 0 radical (unpaired) electrons. The Morgan fingerprint density at radius 3 is 1.36 bits per heavy atom. The van der Waals surface area contributed by atoms with Crippen molar-refractivity contribution in [2.75, 3.05) is 158 Å². The van der Waals surface area contributed by atoms with Gasteiger partial charge in [0.25, 0.3) is 11.8 Å². The highest BCUT2D eigenvalue weighted by Crippen LogP contribution is 2.49. The Labute approximate surface area is 339 Å². The quantitative estimate of drug-likeness (QED) is 0.0407. The maximum absolute atomic E-state index is 11.8. The zero-order chi connectivity index (χ0) is 40.4. The van der Waals surface area contributed by atoms with E-state index in [9.17, 15) is 19.2 Å². The summed E-state index contributed by atoms with van der Waals surface area (Å²) in [6.45, 7) is 13.5. The zero-order valence-corrected chi connectivity index (χ0v) is 34.8. The number of nitrogens with zero attached hydrogens (tertiary/aromatic N) is 1. The lowest BCUT2D eigenvalue weighted by molar-refractivity contribution is -0.148. The second-order valence-corrected chi connectivity index (χ2v) is 15.7. The molecule has 0 unspecified atom stereocenters. The Morgan fingerprint density at radius 2 is 1.00 bits per heavy atom. The summed E-state index contributed by atoms with van der Waals surface area (Å²) in [6, 6.07) is 0. The van der Waals surface area contributed by atoms with Crippen molar-refractivity contribution in [2.45, 2.75) is 37.9 Å². The first-order valence-electron chi connectivity index (χ1n) is 19.4. The van der Waals surface area contributed by atoms with Crippen LogP contribution < -0.4 is 5.32 Å². The first-order chi connectivity index (χ1) is 27.3. The average Bonchev–Trinajstić information content (AvgIpc) is 3.48. The summed E-state index contributed by atoms with van der Waals surface area (Å²) in [6.07, 6.45) is 5.65.